The summed E-state index contributed by atoms with van der Waals surface area (Å²) >= 11 is 0. The third kappa shape index (κ3) is 2.62. The highest BCUT2D eigenvalue weighted by atomic mass is 16.1. The normalized spacial score (nSPS) is 22.0. The van der Waals surface area contributed by atoms with Gasteiger partial charge in [-0.2, -0.15) is 0 Å². The van der Waals surface area contributed by atoms with Gasteiger partial charge >= 0.3 is 0 Å². The molecule has 2 nitrogen and oxygen atoms in total. The molecular formula is C9H17NO. The van der Waals surface area contributed by atoms with Crippen LogP contribution in [0.25, 0.3) is 0 Å². The third-order valence-electron chi connectivity index (χ3n) is 2.42. The van der Waals surface area contributed by atoms with Crippen molar-refractivity contribution in [1.82, 2.24) is 4.90 Å². The molecule has 0 bridgehead atoms. The van der Waals surface area contributed by atoms with Crippen molar-refractivity contribution < 1.29 is 4.79 Å². The van der Waals surface area contributed by atoms with Crippen LogP contribution in [-0.4, -0.2) is 30.3 Å². The van der Waals surface area contributed by atoms with Crippen molar-refractivity contribution in [1.29, 1.82) is 0 Å². The Balaban J connectivity index is 2.23. The fourth-order valence-corrected chi connectivity index (χ4v) is 1.48. The Hall–Kier alpha value is -0.370. The van der Waals surface area contributed by atoms with Gasteiger partial charge in [-0.05, 0) is 32.9 Å². The van der Waals surface area contributed by atoms with Gasteiger partial charge < -0.3 is 4.90 Å². The zero-order valence-corrected chi connectivity index (χ0v) is 7.47. The Morgan fingerprint density at radius 1 is 1.45 bits per heavy atom. The summed E-state index contributed by atoms with van der Waals surface area (Å²) in [5.41, 5.74) is 0. The Labute approximate surface area is 68.6 Å². The van der Waals surface area contributed by atoms with Crippen molar-refractivity contribution in [2.24, 2.45) is 5.92 Å². The van der Waals surface area contributed by atoms with Gasteiger partial charge in [-0.15, -0.1) is 0 Å². The molecule has 1 saturated heterocycles. The smallest absolute Gasteiger partial charge is 0.133 e. The monoisotopic (exact) mass is 155 g/mol. The van der Waals surface area contributed by atoms with E-state index in [1.54, 1.807) is 6.92 Å². The quantitative estimate of drug-likeness (QED) is 0.612. The molecule has 1 fully saturated rings. The van der Waals surface area contributed by atoms with Gasteiger partial charge in [0.15, 0.2) is 0 Å². The van der Waals surface area contributed by atoms with Crippen LogP contribution >= 0.6 is 0 Å². The largest absolute Gasteiger partial charge is 0.303 e. The third-order valence-corrected chi connectivity index (χ3v) is 2.42. The number of carbonyl (C=O) groups excluding carboxylic acids is 1. The van der Waals surface area contributed by atoms with E-state index in [2.05, 4.69) is 4.90 Å². The van der Waals surface area contributed by atoms with Gasteiger partial charge in [0, 0.05) is 12.5 Å². The second-order valence-electron chi connectivity index (χ2n) is 3.52. The molecule has 0 spiro atoms. The van der Waals surface area contributed by atoms with Gasteiger partial charge in [0.2, 0.25) is 0 Å². The molecule has 0 amide bonds. The maximum Gasteiger partial charge on any atom is 0.133 e. The van der Waals surface area contributed by atoms with Gasteiger partial charge in [0.25, 0.3) is 0 Å². The summed E-state index contributed by atoms with van der Waals surface area (Å²) in [5.74, 6) is 0.546. The van der Waals surface area contributed by atoms with E-state index in [0.717, 1.165) is 6.54 Å². The highest BCUT2D eigenvalue weighted by Gasteiger charge is 2.16. The molecule has 11 heavy (non-hydrogen) atoms. The van der Waals surface area contributed by atoms with Gasteiger partial charge in [-0.3, -0.25) is 4.79 Å². The lowest BCUT2D eigenvalue weighted by Gasteiger charge is -2.17. The Kier molecular flexibility index (Phi) is 3.06. The average Bonchev–Trinajstić information content (AvgIpc) is 2.39. The standard InChI is InChI=1S/C9H17NO/c1-8(9(2)11)7-10-5-3-4-6-10/h8H,3-7H2,1-2H3. The highest BCUT2D eigenvalue weighted by Crippen LogP contribution is 2.10. The van der Waals surface area contributed by atoms with Crippen LogP contribution in [0.4, 0.5) is 0 Å². The topological polar surface area (TPSA) is 20.3 Å². The Morgan fingerprint density at radius 2 is 2.00 bits per heavy atom. The van der Waals surface area contributed by atoms with Crippen LogP contribution in [0.1, 0.15) is 26.7 Å². The predicted octanol–water partition coefficient (Wildman–Crippen LogP) is 1.31. The summed E-state index contributed by atoms with van der Waals surface area (Å²) in [6.07, 6.45) is 2.62. The first kappa shape index (κ1) is 8.72. The molecule has 0 saturated carbocycles. The SMILES string of the molecule is CC(=O)C(C)CN1CCCC1. The maximum absolute atomic E-state index is 10.9. The van der Waals surface area contributed by atoms with E-state index in [-0.39, 0.29) is 5.92 Å². The first-order valence-electron chi connectivity index (χ1n) is 4.43. The van der Waals surface area contributed by atoms with Crippen molar-refractivity contribution in [2.75, 3.05) is 19.6 Å². The van der Waals surface area contributed by atoms with E-state index in [9.17, 15) is 4.79 Å². The fourth-order valence-electron chi connectivity index (χ4n) is 1.48. The van der Waals surface area contributed by atoms with Crippen LogP contribution in [0, 0.1) is 5.92 Å². The van der Waals surface area contributed by atoms with Gasteiger partial charge in [0.05, 0.1) is 0 Å². The zero-order chi connectivity index (χ0) is 8.27. The zero-order valence-electron chi connectivity index (χ0n) is 7.47. The number of nitrogens with zero attached hydrogens (tertiary/aromatic N) is 1. The molecule has 2 heteroatoms. The molecule has 0 N–H and O–H groups in total. The molecule has 1 aliphatic rings. The van der Waals surface area contributed by atoms with Crippen molar-refractivity contribution in [3.05, 3.63) is 0 Å². The Morgan fingerprint density at radius 3 is 2.45 bits per heavy atom. The molecule has 0 aromatic carbocycles. The highest BCUT2D eigenvalue weighted by molar-refractivity contribution is 5.78. The second kappa shape index (κ2) is 3.86. The summed E-state index contributed by atoms with van der Waals surface area (Å²) in [7, 11) is 0. The number of hydrogen-bond acceptors (Lipinski definition) is 2. The first-order valence-corrected chi connectivity index (χ1v) is 4.43. The summed E-state index contributed by atoms with van der Waals surface area (Å²) in [5, 5.41) is 0. The van der Waals surface area contributed by atoms with E-state index in [0.29, 0.717) is 5.78 Å². The van der Waals surface area contributed by atoms with Crippen LogP contribution < -0.4 is 0 Å². The minimum absolute atomic E-state index is 0.230. The van der Waals surface area contributed by atoms with Crippen LogP contribution in [0.15, 0.2) is 0 Å². The molecule has 0 aliphatic carbocycles. The summed E-state index contributed by atoms with van der Waals surface area (Å²) in [6.45, 7) is 7.05. The molecule has 0 radical (unpaired) electrons. The fraction of sp³-hybridized carbons (Fsp3) is 0.889. The lowest BCUT2D eigenvalue weighted by Crippen LogP contribution is -2.28. The summed E-state index contributed by atoms with van der Waals surface area (Å²) in [6, 6.07) is 0. The average molecular weight is 155 g/mol. The molecule has 1 rings (SSSR count). The lowest BCUT2D eigenvalue weighted by atomic mass is 10.1. The molecule has 1 unspecified atom stereocenters. The number of carbonyl (C=O) groups is 1. The van der Waals surface area contributed by atoms with E-state index in [4.69, 9.17) is 0 Å². The molecular weight excluding hydrogens is 138 g/mol. The number of hydrogen-bond donors (Lipinski definition) is 0. The van der Waals surface area contributed by atoms with Crippen molar-refractivity contribution in [3.63, 3.8) is 0 Å². The minimum Gasteiger partial charge on any atom is -0.303 e. The number of Topliss-reactive ketones (excluding diaryl/α,β-unsaturated/α-hetero) is 1. The molecule has 0 aromatic rings. The van der Waals surface area contributed by atoms with E-state index >= 15 is 0 Å². The Bertz CT molecular complexity index is 138. The van der Waals surface area contributed by atoms with Gasteiger partial charge in [-0.1, -0.05) is 6.92 Å². The van der Waals surface area contributed by atoms with Crippen LogP contribution in [-0.2, 0) is 4.79 Å². The molecule has 1 heterocycles. The minimum atomic E-state index is 0.230. The van der Waals surface area contributed by atoms with Crippen LogP contribution in [0.3, 0.4) is 0 Å². The maximum atomic E-state index is 10.9. The van der Waals surface area contributed by atoms with Crippen LogP contribution in [0.2, 0.25) is 0 Å². The summed E-state index contributed by atoms with van der Waals surface area (Å²) in [4.78, 5) is 13.3. The number of likely N-dealkylation sites (tertiary alicyclic amines) is 1. The van der Waals surface area contributed by atoms with Gasteiger partial charge in [-0.25, -0.2) is 0 Å². The van der Waals surface area contributed by atoms with E-state index in [1.807, 2.05) is 6.92 Å². The number of ketones is 1. The molecule has 1 aliphatic heterocycles. The van der Waals surface area contributed by atoms with Gasteiger partial charge in [0.1, 0.15) is 5.78 Å². The van der Waals surface area contributed by atoms with Crippen molar-refractivity contribution in [3.8, 4) is 0 Å². The molecule has 1 atom stereocenters. The van der Waals surface area contributed by atoms with Crippen LogP contribution in [0.5, 0.6) is 0 Å². The van der Waals surface area contributed by atoms with E-state index < -0.39 is 0 Å². The predicted molar refractivity (Wildman–Crippen MR) is 45.5 cm³/mol. The second-order valence-corrected chi connectivity index (χ2v) is 3.52. The van der Waals surface area contributed by atoms with Crippen molar-refractivity contribution >= 4 is 5.78 Å². The van der Waals surface area contributed by atoms with Crippen molar-refractivity contribution in [2.45, 2.75) is 26.7 Å². The van der Waals surface area contributed by atoms with E-state index in [1.165, 1.54) is 25.9 Å². The number of rotatable bonds is 3. The summed E-state index contributed by atoms with van der Waals surface area (Å²) < 4.78 is 0. The lowest BCUT2D eigenvalue weighted by molar-refractivity contribution is -0.120. The molecule has 64 valence electrons. The first-order chi connectivity index (χ1) is 5.20. The molecule has 0 aromatic heterocycles.